The number of hydrogen-bond donors (Lipinski definition) is 2. The molecule has 0 bridgehead atoms. The Morgan fingerprint density at radius 2 is 2.30 bits per heavy atom. The number of ether oxygens (including phenoxy) is 1. The molecule has 8 heteroatoms. The van der Waals surface area contributed by atoms with Crippen LogP contribution in [0.5, 0.6) is 0 Å². The van der Waals surface area contributed by atoms with Gasteiger partial charge in [0.15, 0.2) is 0 Å². The molecule has 1 unspecified atom stereocenters. The van der Waals surface area contributed by atoms with Crippen LogP contribution in [0.1, 0.15) is 38.6 Å². The highest BCUT2D eigenvalue weighted by molar-refractivity contribution is 6.31. The second-order valence-corrected chi connectivity index (χ2v) is 7.88. The Bertz CT molecular complexity index is 1010. The number of halogens is 1. The van der Waals surface area contributed by atoms with Crippen LogP contribution in [0.2, 0.25) is 5.02 Å². The van der Waals surface area contributed by atoms with E-state index in [1.165, 1.54) is 6.34 Å². The number of hydrazine groups is 1. The zero-order chi connectivity index (χ0) is 19.0. The summed E-state index contributed by atoms with van der Waals surface area (Å²) < 4.78 is 8.23. The predicted octanol–water partition coefficient (Wildman–Crippen LogP) is 3.36. The van der Waals surface area contributed by atoms with Crippen molar-refractivity contribution in [3.05, 3.63) is 35.2 Å². The maximum Gasteiger partial charge on any atom is 0.132 e. The number of rotatable bonds is 4. The van der Waals surface area contributed by atoms with Crippen molar-refractivity contribution < 1.29 is 4.74 Å². The molecule has 3 heterocycles. The van der Waals surface area contributed by atoms with Gasteiger partial charge in [-0.25, -0.2) is 10.8 Å². The second-order valence-electron chi connectivity index (χ2n) is 7.44. The van der Waals surface area contributed by atoms with E-state index in [1.54, 1.807) is 0 Å². The first-order chi connectivity index (χ1) is 13.0. The minimum Gasteiger partial charge on any atom is -0.375 e. The molecule has 0 amide bonds. The van der Waals surface area contributed by atoms with Crippen molar-refractivity contribution in [3.8, 4) is 0 Å². The predicted molar refractivity (Wildman–Crippen MR) is 108 cm³/mol. The molecule has 27 heavy (non-hydrogen) atoms. The van der Waals surface area contributed by atoms with E-state index in [9.17, 15) is 0 Å². The molecular weight excluding hydrogens is 364 g/mol. The summed E-state index contributed by atoms with van der Waals surface area (Å²) in [6.07, 6.45) is 5.12. The molecule has 3 aromatic rings. The van der Waals surface area contributed by atoms with Crippen molar-refractivity contribution in [1.82, 2.24) is 20.0 Å². The molecule has 3 N–H and O–H groups in total. The van der Waals surface area contributed by atoms with E-state index in [1.807, 2.05) is 24.4 Å². The van der Waals surface area contributed by atoms with Crippen LogP contribution in [0.3, 0.4) is 0 Å². The second kappa shape index (κ2) is 7.07. The smallest absolute Gasteiger partial charge is 0.132 e. The van der Waals surface area contributed by atoms with Gasteiger partial charge in [0.05, 0.1) is 35.7 Å². The molecule has 142 valence electrons. The number of benzene rings is 1. The first-order valence-corrected chi connectivity index (χ1v) is 9.40. The molecule has 0 spiro atoms. The van der Waals surface area contributed by atoms with Crippen molar-refractivity contribution in [2.24, 2.45) is 10.8 Å². The summed E-state index contributed by atoms with van der Waals surface area (Å²) in [5.41, 5.74) is 5.06. The number of nitrogens with two attached hydrogens (primary N) is 1. The van der Waals surface area contributed by atoms with Crippen LogP contribution in [0, 0.1) is 0 Å². The average Bonchev–Trinajstić information content (AvgIpc) is 3.00. The van der Waals surface area contributed by atoms with Crippen molar-refractivity contribution in [1.29, 1.82) is 0 Å². The minimum atomic E-state index is -0.181. The van der Waals surface area contributed by atoms with E-state index < -0.39 is 0 Å². The zero-order valence-corrected chi connectivity index (χ0v) is 16.2. The summed E-state index contributed by atoms with van der Waals surface area (Å²) in [5, 5.41) is 1.69. The molecule has 0 aliphatic carbocycles. The number of aromatic nitrogens is 3. The lowest BCUT2D eigenvalue weighted by Gasteiger charge is -2.37. The van der Waals surface area contributed by atoms with Gasteiger partial charge in [-0.05, 0) is 44.9 Å². The molecule has 2 aromatic heterocycles. The van der Waals surface area contributed by atoms with Gasteiger partial charge in [0.2, 0.25) is 0 Å². The number of pyridine rings is 1. The molecule has 1 fully saturated rings. The van der Waals surface area contributed by atoms with Crippen molar-refractivity contribution >= 4 is 39.9 Å². The van der Waals surface area contributed by atoms with Gasteiger partial charge in [0.1, 0.15) is 11.3 Å². The molecule has 1 atom stereocenters. The summed E-state index contributed by atoms with van der Waals surface area (Å²) in [5.74, 6) is 6.19. The van der Waals surface area contributed by atoms with Gasteiger partial charge in [0, 0.05) is 23.1 Å². The molecule has 0 saturated carbocycles. The van der Waals surface area contributed by atoms with Gasteiger partial charge in [-0.3, -0.25) is 9.98 Å². The van der Waals surface area contributed by atoms with Crippen molar-refractivity contribution in [3.63, 3.8) is 0 Å². The van der Waals surface area contributed by atoms with Crippen LogP contribution < -0.4 is 11.3 Å². The Hall–Kier alpha value is -2.22. The zero-order valence-electron chi connectivity index (χ0n) is 15.4. The Kier molecular flexibility index (Phi) is 4.75. The maximum atomic E-state index is 6.29. The topological polar surface area (TPSA) is 90.4 Å². The van der Waals surface area contributed by atoms with E-state index in [-0.39, 0.29) is 11.6 Å². The van der Waals surface area contributed by atoms with E-state index in [0.29, 0.717) is 18.2 Å². The first-order valence-electron chi connectivity index (χ1n) is 9.02. The van der Waals surface area contributed by atoms with Crippen LogP contribution in [0.25, 0.3) is 21.9 Å². The fourth-order valence-corrected chi connectivity index (χ4v) is 4.07. The third-order valence-corrected chi connectivity index (χ3v) is 5.22. The molecule has 1 aliphatic heterocycles. The lowest BCUT2D eigenvalue weighted by molar-refractivity contribution is -0.0688. The van der Waals surface area contributed by atoms with Crippen molar-refractivity contribution in [2.45, 2.75) is 44.9 Å². The number of nitrogens with zero attached hydrogens (tertiary/aromatic N) is 4. The van der Waals surface area contributed by atoms with E-state index in [2.05, 4.69) is 33.8 Å². The summed E-state index contributed by atoms with van der Waals surface area (Å²) in [7, 11) is 0. The summed E-state index contributed by atoms with van der Waals surface area (Å²) in [6, 6.07) is 6.03. The third kappa shape index (κ3) is 3.50. The third-order valence-electron chi connectivity index (χ3n) is 4.99. The SMILES string of the molecule is CC1(C)CC(n2c(CN=CNN)nc3cnc4ccc(Cl)cc4c32)CCO1. The lowest BCUT2D eigenvalue weighted by Crippen LogP contribution is -2.35. The monoisotopic (exact) mass is 386 g/mol. The standard InChI is InChI=1S/C19H23ClN6O/c1-19(2)8-13(5-6-27-19)26-17(10-22-11-24-21)25-16-9-23-15-4-3-12(20)7-14(15)18(16)26/h3-4,7,9,11,13H,5-6,8,10,21H2,1-2H3,(H,22,24). The molecular formula is C19H23ClN6O. The van der Waals surface area contributed by atoms with Crippen LogP contribution >= 0.6 is 11.6 Å². The fraction of sp³-hybridized carbons (Fsp3) is 0.421. The maximum absolute atomic E-state index is 6.29. The number of fused-ring (bicyclic) bond motifs is 3. The van der Waals surface area contributed by atoms with Crippen LogP contribution in [0.4, 0.5) is 0 Å². The van der Waals surface area contributed by atoms with Gasteiger partial charge >= 0.3 is 0 Å². The number of aliphatic imine (C=N–C) groups is 1. The number of imidazole rings is 1. The first kappa shape index (κ1) is 18.2. The molecule has 1 aromatic carbocycles. The molecule has 4 rings (SSSR count). The number of nitrogens with one attached hydrogen (secondary N) is 1. The Morgan fingerprint density at radius 1 is 1.44 bits per heavy atom. The van der Waals surface area contributed by atoms with Gasteiger partial charge < -0.3 is 14.7 Å². The Morgan fingerprint density at radius 3 is 3.07 bits per heavy atom. The van der Waals surface area contributed by atoms with Crippen LogP contribution in [-0.2, 0) is 11.3 Å². The quantitative estimate of drug-likeness (QED) is 0.310. The van der Waals surface area contributed by atoms with Crippen LogP contribution in [-0.4, -0.2) is 33.1 Å². The average molecular weight is 387 g/mol. The normalized spacial score (nSPS) is 19.9. The van der Waals surface area contributed by atoms with Gasteiger partial charge in [0.25, 0.3) is 0 Å². The fourth-order valence-electron chi connectivity index (χ4n) is 3.90. The van der Waals surface area contributed by atoms with E-state index >= 15 is 0 Å². The number of hydrogen-bond acceptors (Lipinski definition) is 5. The molecule has 0 radical (unpaired) electrons. The summed E-state index contributed by atoms with van der Waals surface area (Å²) in [6.45, 7) is 5.41. The largest absolute Gasteiger partial charge is 0.375 e. The van der Waals surface area contributed by atoms with E-state index in [0.717, 1.165) is 40.6 Å². The van der Waals surface area contributed by atoms with E-state index in [4.69, 9.17) is 27.2 Å². The highest BCUT2D eigenvalue weighted by Crippen LogP contribution is 2.37. The van der Waals surface area contributed by atoms with Gasteiger partial charge in [-0.15, -0.1) is 0 Å². The Labute approximate surface area is 162 Å². The minimum absolute atomic E-state index is 0.181. The van der Waals surface area contributed by atoms with Gasteiger partial charge in [-0.2, -0.15) is 0 Å². The van der Waals surface area contributed by atoms with Crippen molar-refractivity contribution in [2.75, 3.05) is 6.61 Å². The highest BCUT2D eigenvalue weighted by Gasteiger charge is 2.32. The summed E-state index contributed by atoms with van der Waals surface area (Å²) >= 11 is 6.29. The lowest BCUT2D eigenvalue weighted by atomic mass is 9.93. The van der Waals surface area contributed by atoms with Gasteiger partial charge in [-0.1, -0.05) is 11.6 Å². The molecule has 1 aliphatic rings. The van der Waals surface area contributed by atoms with Crippen LogP contribution in [0.15, 0.2) is 29.4 Å². The molecule has 1 saturated heterocycles. The summed E-state index contributed by atoms with van der Waals surface area (Å²) in [4.78, 5) is 13.7. The molecule has 7 nitrogen and oxygen atoms in total. The Balaban J connectivity index is 1.94. The highest BCUT2D eigenvalue weighted by atomic mass is 35.5.